The third-order valence-electron chi connectivity index (χ3n) is 3.93. The number of ether oxygens (including phenoxy) is 3. The Hall–Kier alpha value is -4.66. The summed E-state index contributed by atoms with van der Waals surface area (Å²) in [5.41, 5.74) is -0.537. The molecule has 0 amide bonds. The van der Waals surface area contributed by atoms with Crippen LogP contribution in [0.2, 0.25) is 0 Å². The van der Waals surface area contributed by atoms with Gasteiger partial charge in [-0.15, -0.1) is 0 Å². The zero-order valence-corrected chi connectivity index (χ0v) is 15.6. The standard InChI is InChI=1S/C22H14O9/c23-19(24)13-7-1-4-10-16(13)29-20(25)14-8-2-5-11-17(14)30-21(26)15-9-3-6-12-18(15)31-22(27)28/h1-12H,(H,23,24)(H,27,28)/i/hD. The van der Waals surface area contributed by atoms with Gasteiger partial charge in [-0.2, -0.15) is 0 Å². The molecule has 3 aromatic carbocycles. The van der Waals surface area contributed by atoms with Crippen molar-refractivity contribution < 1.29 is 43.6 Å². The molecule has 0 radical (unpaired) electrons. The smallest absolute Gasteiger partial charge is 0.478 e. The molecule has 0 saturated carbocycles. The fourth-order valence-electron chi connectivity index (χ4n) is 2.58. The average Bonchev–Trinajstić information content (AvgIpc) is 2.79. The van der Waals surface area contributed by atoms with Gasteiger partial charge in [-0.1, -0.05) is 36.4 Å². The van der Waals surface area contributed by atoms with E-state index in [0.717, 1.165) is 0 Å². The zero-order chi connectivity index (χ0) is 23.1. The Labute approximate surface area is 176 Å². The van der Waals surface area contributed by atoms with Crippen LogP contribution in [0, 0.1) is 0 Å². The Morgan fingerprint density at radius 2 is 1.00 bits per heavy atom. The number of carboxylic acids is 1. The summed E-state index contributed by atoms with van der Waals surface area (Å²) in [6.45, 7) is 0. The highest BCUT2D eigenvalue weighted by atomic mass is 16.7. The second-order valence-corrected chi connectivity index (χ2v) is 5.92. The summed E-state index contributed by atoms with van der Waals surface area (Å²) in [6, 6.07) is 16.8. The first-order valence-electron chi connectivity index (χ1n) is 9.11. The molecule has 0 saturated heterocycles. The maximum Gasteiger partial charge on any atom is 0.511 e. The van der Waals surface area contributed by atoms with Crippen LogP contribution in [0.3, 0.4) is 0 Å². The first-order valence-corrected chi connectivity index (χ1v) is 8.70. The Bertz CT molecular complexity index is 1190. The summed E-state index contributed by atoms with van der Waals surface area (Å²) in [7, 11) is 0. The number of benzene rings is 3. The van der Waals surface area contributed by atoms with Crippen LogP contribution in [0.25, 0.3) is 1.43 Å². The molecule has 0 aliphatic heterocycles. The van der Waals surface area contributed by atoms with Gasteiger partial charge in [-0.25, -0.2) is 19.2 Å². The molecule has 0 unspecified atom stereocenters. The van der Waals surface area contributed by atoms with Crippen molar-refractivity contribution in [2.24, 2.45) is 0 Å². The Kier molecular flexibility index (Phi) is 5.85. The van der Waals surface area contributed by atoms with Crippen LogP contribution in [0.1, 0.15) is 31.1 Å². The monoisotopic (exact) mass is 423 g/mol. The lowest BCUT2D eigenvalue weighted by Gasteiger charge is -2.12. The van der Waals surface area contributed by atoms with E-state index in [-0.39, 0.29) is 33.9 Å². The Morgan fingerprint density at radius 1 is 0.613 bits per heavy atom. The van der Waals surface area contributed by atoms with E-state index in [1.54, 1.807) is 0 Å². The minimum atomic E-state index is -1.36. The number of carbonyl (C=O) groups is 4. The molecule has 31 heavy (non-hydrogen) atoms. The summed E-state index contributed by atoms with van der Waals surface area (Å²) < 4.78 is 21.8. The number of rotatable bonds is 6. The van der Waals surface area contributed by atoms with Crippen molar-refractivity contribution in [2.75, 3.05) is 0 Å². The zero-order valence-electron chi connectivity index (χ0n) is 16.6. The SMILES string of the molecule is [2H]OC(=O)Oc1ccccc1C(=O)Oc1ccccc1C(=O)Oc1ccccc1C(=O)O. The number of hydrogen-bond acceptors (Lipinski definition) is 8. The molecule has 9 nitrogen and oxygen atoms in total. The lowest BCUT2D eigenvalue weighted by molar-refractivity contribution is 0.0680. The summed E-state index contributed by atoms with van der Waals surface area (Å²) in [5, 5.41) is 12.9. The highest BCUT2D eigenvalue weighted by molar-refractivity contribution is 5.99. The van der Waals surface area contributed by atoms with Gasteiger partial charge in [0, 0.05) is 0 Å². The van der Waals surface area contributed by atoms with Crippen LogP contribution in [0.4, 0.5) is 4.79 Å². The van der Waals surface area contributed by atoms with Gasteiger partial charge in [0.05, 0.1) is 0 Å². The van der Waals surface area contributed by atoms with Crippen LogP contribution in [0.15, 0.2) is 72.8 Å². The largest absolute Gasteiger partial charge is 0.511 e. The second-order valence-electron chi connectivity index (χ2n) is 5.92. The van der Waals surface area contributed by atoms with E-state index in [0.29, 0.717) is 0 Å². The topological polar surface area (TPSA) is 136 Å². The van der Waals surface area contributed by atoms with Gasteiger partial charge in [0.2, 0.25) is 0 Å². The second kappa shape index (κ2) is 9.23. The summed E-state index contributed by atoms with van der Waals surface area (Å²) in [5.74, 6) is -3.78. The predicted octanol–water partition coefficient (Wildman–Crippen LogP) is 3.88. The number of aromatic carboxylic acids is 1. The summed E-state index contributed by atoms with van der Waals surface area (Å²) in [4.78, 5) is 47.9. The van der Waals surface area contributed by atoms with Gasteiger partial charge in [-0.05, 0) is 36.4 Å². The highest BCUT2D eigenvalue weighted by Crippen LogP contribution is 2.26. The number of esters is 2. The van der Waals surface area contributed by atoms with Crippen molar-refractivity contribution in [1.82, 2.24) is 0 Å². The Morgan fingerprint density at radius 3 is 1.45 bits per heavy atom. The molecule has 2 N–H and O–H groups in total. The first-order chi connectivity index (χ1) is 15.4. The van der Waals surface area contributed by atoms with Crippen LogP contribution >= 0.6 is 0 Å². The minimum absolute atomic E-state index is 0.148. The van der Waals surface area contributed by atoms with Crippen LogP contribution in [-0.2, 0) is 0 Å². The first kappa shape index (κ1) is 19.6. The molecule has 0 atom stereocenters. The van der Waals surface area contributed by atoms with E-state index in [9.17, 15) is 24.3 Å². The number of hydrogen-bond donors (Lipinski definition) is 2. The van der Waals surface area contributed by atoms with Crippen molar-refractivity contribution in [3.8, 4) is 17.2 Å². The summed E-state index contributed by atoms with van der Waals surface area (Å²) in [6.07, 6.45) is -1.36. The molecule has 0 heterocycles. The molecule has 9 heteroatoms. The molecule has 0 aromatic heterocycles. The average molecular weight is 423 g/mol. The molecule has 0 aliphatic carbocycles. The molecular formula is C22H14O9. The molecule has 3 aromatic rings. The lowest BCUT2D eigenvalue weighted by Crippen LogP contribution is -2.16. The number of carboxylic acid groups (broad SMARTS) is 2. The fourth-order valence-corrected chi connectivity index (χ4v) is 2.58. The maximum absolute atomic E-state index is 12.7. The van der Waals surface area contributed by atoms with Gasteiger partial charge in [0.25, 0.3) is 0 Å². The third-order valence-corrected chi connectivity index (χ3v) is 3.93. The van der Waals surface area contributed by atoms with Gasteiger partial charge in [0.1, 0.15) is 33.9 Å². The van der Waals surface area contributed by atoms with Crippen LogP contribution in [0.5, 0.6) is 17.2 Å². The predicted molar refractivity (Wildman–Crippen MR) is 105 cm³/mol. The molecule has 0 aliphatic rings. The van der Waals surface area contributed by atoms with E-state index in [4.69, 9.17) is 15.6 Å². The van der Waals surface area contributed by atoms with Gasteiger partial charge in [-0.3, -0.25) is 0 Å². The van der Waals surface area contributed by atoms with Crippen molar-refractivity contribution in [3.63, 3.8) is 0 Å². The fraction of sp³-hybridized carbons (Fsp3) is 0. The van der Waals surface area contributed by atoms with Crippen molar-refractivity contribution in [2.45, 2.75) is 0 Å². The van der Waals surface area contributed by atoms with Gasteiger partial charge in [0.15, 0.2) is 0 Å². The molecule has 0 fully saturated rings. The molecule has 0 spiro atoms. The quantitative estimate of drug-likeness (QED) is 0.344. The van der Waals surface area contributed by atoms with E-state index >= 15 is 0 Å². The van der Waals surface area contributed by atoms with E-state index in [1.807, 2.05) is 0 Å². The van der Waals surface area contributed by atoms with E-state index in [1.165, 1.54) is 72.8 Å². The Balaban J connectivity index is 1.85. The lowest BCUT2D eigenvalue weighted by atomic mass is 10.1. The molecular weight excluding hydrogens is 408 g/mol. The van der Waals surface area contributed by atoms with Gasteiger partial charge >= 0.3 is 25.5 Å². The van der Waals surface area contributed by atoms with Crippen molar-refractivity contribution in [1.29, 1.82) is 1.43 Å². The number of carbonyl (C=O) groups excluding carboxylic acids is 2. The van der Waals surface area contributed by atoms with Crippen molar-refractivity contribution in [3.05, 3.63) is 89.5 Å². The third kappa shape index (κ3) is 5.04. The number of para-hydroxylation sites is 3. The van der Waals surface area contributed by atoms with Gasteiger partial charge < -0.3 is 24.4 Å². The molecule has 156 valence electrons. The van der Waals surface area contributed by atoms with Crippen LogP contribution in [-0.4, -0.2) is 34.3 Å². The summed E-state index contributed by atoms with van der Waals surface area (Å²) >= 11 is 0. The normalized spacial score (nSPS) is 10.4. The van der Waals surface area contributed by atoms with E-state index < -0.39 is 24.1 Å². The van der Waals surface area contributed by atoms with Crippen LogP contribution < -0.4 is 14.2 Å². The maximum atomic E-state index is 12.7. The minimum Gasteiger partial charge on any atom is -0.478 e. The molecule has 3 rings (SSSR count). The highest BCUT2D eigenvalue weighted by Gasteiger charge is 2.22. The van der Waals surface area contributed by atoms with E-state index in [2.05, 4.69) is 5.11 Å². The van der Waals surface area contributed by atoms with Crippen molar-refractivity contribution >= 4 is 24.1 Å². The molecule has 0 bridgehead atoms.